The van der Waals surface area contributed by atoms with E-state index in [9.17, 15) is 4.79 Å². The van der Waals surface area contributed by atoms with Crippen LogP contribution in [-0.2, 0) is 11.2 Å². The highest BCUT2D eigenvalue weighted by atomic mass is 35.5. The van der Waals surface area contributed by atoms with Gasteiger partial charge in [0, 0.05) is 28.5 Å². The standard InChI is InChI=1S/C14H18Cl2N2O/c1-9(14(19)18-12-4-5-17-8-12)6-10-2-3-11(15)7-13(10)16/h2-3,7,9,12,17H,4-6,8H2,1H3,(H,18,19). The van der Waals surface area contributed by atoms with E-state index in [4.69, 9.17) is 23.2 Å². The van der Waals surface area contributed by atoms with Crippen LogP contribution in [0.3, 0.4) is 0 Å². The molecule has 1 aliphatic rings. The van der Waals surface area contributed by atoms with Gasteiger partial charge in [0.2, 0.25) is 5.91 Å². The van der Waals surface area contributed by atoms with Gasteiger partial charge in [0.1, 0.15) is 0 Å². The highest BCUT2D eigenvalue weighted by molar-refractivity contribution is 6.35. The van der Waals surface area contributed by atoms with Crippen molar-refractivity contribution >= 4 is 29.1 Å². The molecule has 0 aromatic heterocycles. The first-order valence-corrected chi connectivity index (χ1v) is 7.27. The van der Waals surface area contributed by atoms with Crippen molar-refractivity contribution in [3.63, 3.8) is 0 Å². The highest BCUT2D eigenvalue weighted by Crippen LogP contribution is 2.23. The van der Waals surface area contributed by atoms with Gasteiger partial charge >= 0.3 is 0 Å². The lowest BCUT2D eigenvalue weighted by atomic mass is 10.00. The molecule has 19 heavy (non-hydrogen) atoms. The maximum atomic E-state index is 12.1. The lowest BCUT2D eigenvalue weighted by Crippen LogP contribution is -2.39. The molecule has 104 valence electrons. The number of halogens is 2. The molecule has 0 radical (unpaired) electrons. The monoisotopic (exact) mass is 300 g/mol. The van der Waals surface area contributed by atoms with Gasteiger partial charge in [-0.1, -0.05) is 36.2 Å². The minimum absolute atomic E-state index is 0.0831. The fraction of sp³-hybridized carbons (Fsp3) is 0.500. The van der Waals surface area contributed by atoms with Crippen molar-refractivity contribution in [2.45, 2.75) is 25.8 Å². The van der Waals surface area contributed by atoms with Crippen molar-refractivity contribution in [2.75, 3.05) is 13.1 Å². The summed E-state index contributed by atoms with van der Waals surface area (Å²) in [6.07, 6.45) is 1.63. The van der Waals surface area contributed by atoms with E-state index >= 15 is 0 Å². The van der Waals surface area contributed by atoms with E-state index in [1.54, 1.807) is 12.1 Å². The van der Waals surface area contributed by atoms with Gasteiger partial charge in [-0.05, 0) is 37.1 Å². The summed E-state index contributed by atoms with van der Waals surface area (Å²) >= 11 is 12.0. The van der Waals surface area contributed by atoms with Gasteiger partial charge in [0.05, 0.1) is 0 Å². The Balaban J connectivity index is 1.92. The van der Waals surface area contributed by atoms with Crippen LogP contribution in [0.25, 0.3) is 0 Å². The number of carbonyl (C=O) groups is 1. The molecule has 0 aliphatic carbocycles. The Kier molecular flexibility index (Phi) is 5.08. The zero-order valence-electron chi connectivity index (χ0n) is 10.9. The Morgan fingerprint density at radius 2 is 2.32 bits per heavy atom. The maximum absolute atomic E-state index is 12.1. The predicted molar refractivity (Wildman–Crippen MR) is 78.7 cm³/mol. The van der Waals surface area contributed by atoms with Crippen LogP contribution in [-0.4, -0.2) is 25.0 Å². The lowest BCUT2D eigenvalue weighted by Gasteiger charge is -2.16. The second kappa shape index (κ2) is 6.60. The van der Waals surface area contributed by atoms with E-state index in [0.29, 0.717) is 16.5 Å². The molecule has 5 heteroatoms. The number of hydrogen-bond acceptors (Lipinski definition) is 2. The zero-order chi connectivity index (χ0) is 13.8. The van der Waals surface area contributed by atoms with Crippen LogP contribution in [0.2, 0.25) is 10.0 Å². The minimum atomic E-state index is -0.0979. The molecular formula is C14H18Cl2N2O. The summed E-state index contributed by atoms with van der Waals surface area (Å²) in [4.78, 5) is 12.1. The number of rotatable bonds is 4. The molecule has 1 amide bonds. The van der Waals surface area contributed by atoms with E-state index in [2.05, 4.69) is 10.6 Å². The SMILES string of the molecule is CC(Cc1ccc(Cl)cc1Cl)C(=O)NC1CCNC1. The van der Waals surface area contributed by atoms with Gasteiger partial charge < -0.3 is 10.6 Å². The summed E-state index contributed by atoms with van der Waals surface area (Å²) in [6.45, 7) is 3.76. The van der Waals surface area contributed by atoms with Crippen LogP contribution in [0, 0.1) is 5.92 Å². The third-order valence-electron chi connectivity index (χ3n) is 3.40. The topological polar surface area (TPSA) is 41.1 Å². The average molecular weight is 301 g/mol. The number of nitrogens with one attached hydrogen (secondary N) is 2. The van der Waals surface area contributed by atoms with Crippen molar-refractivity contribution in [2.24, 2.45) is 5.92 Å². The van der Waals surface area contributed by atoms with Crippen LogP contribution in [0.4, 0.5) is 0 Å². The molecule has 2 N–H and O–H groups in total. The summed E-state index contributed by atoms with van der Waals surface area (Å²) < 4.78 is 0. The van der Waals surface area contributed by atoms with Gasteiger partial charge in [-0.2, -0.15) is 0 Å². The second-order valence-electron chi connectivity index (χ2n) is 5.04. The Hall–Kier alpha value is -0.770. The Morgan fingerprint density at radius 3 is 2.95 bits per heavy atom. The fourth-order valence-electron chi connectivity index (χ4n) is 2.23. The Bertz CT molecular complexity index is 459. The summed E-state index contributed by atoms with van der Waals surface area (Å²) in [7, 11) is 0. The first-order chi connectivity index (χ1) is 9.06. The molecule has 0 bridgehead atoms. The molecule has 0 spiro atoms. The quantitative estimate of drug-likeness (QED) is 0.897. The maximum Gasteiger partial charge on any atom is 0.223 e. The Labute approximate surface area is 123 Å². The molecule has 2 unspecified atom stereocenters. The van der Waals surface area contributed by atoms with Gasteiger partial charge in [-0.3, -0.25) is 4.79 Å². The molecule has 0 saturated carbocycles. The van der Waals surface area contributed by atoms with Crippen molar-refractivity contribution in [1.82, 2.24) is 10.6 Å². The van der Waals surface area contributed by atoms with E-state index in [1.807, 2.05) is 13.0 Å². The molecule has 3 nitrogen and oxygen atoms in total. The summed E-state index contributed by atoms with van der Waals surface area (Å²) in [6, 6.07) is 5.65. The number of carbonyl (C=O) groups excluding carboxylic acids is 1. The number of amides is 1. The summed E-state index contributed by atoms with van der Waals surface area (Å²) in [5.74, 6) is -0.0148. The van der Waals surface area contributed by atoms with Crippen molar-refractivity contribution < 1.29 is 4.79 Å². The zero-order valence-corrected chi connectivity index (χ0v) is 12.4. The lowest BCUT2D eigenvalue weighted by molar-refractivity contribution is -0.125. The number of benzene rings is 1. The molecule has 1 aromatic carbocycles. The van der Waals surface area contributed by atoms with Crippen molar-refractivity contribution in [3.05, 3.63) is 33.8 Å². The van der Waals surface area contributed by atoms with Crippen LogP contribution in [0.15, 0.2) is 18.2 Å². The fourth-order valence-corrected chi connectivity index (χ4v) is 2.72. The van der Waals surface area contributed by atoms with Crippen LogP contribution in [0.1, 0.15) is 18.9 Å². The van der Waals surface area contributed by atoms with E-state index < -0.39 is 0 Å². The summed E-state index contributed by atoms with van der Waals surface area (Å²) in [5, 5.41) is 7.52. The third-order valence-corrected chi connectivity index (χ3v) is 3.98. The van der Waals surface area contributed by atoms with Crippen molar-refractivity contribution in [1.29, 1.82) is 0 Å². The molecule has 1 aromatic rings. The van der Waals surface area contributed by atoms with Gasteiger partial charge in [0.15, 0.2) is 0 Å². The molecule has 2 rings (SSSR count). The second-order valence-corrected chi connectivity index (χ2v) is 5.88. The van der Waals surface area contributed by atoms with E-state index in [1.165, 1.54) is 0 Å². The molecule has 1 aliphatic heterocycles. The minimum Gasteiger partial charge on any atom is -0.352 e. The smallest absolute Gasteiger partial charge is 0.223 e. The third kappa shape index (κ3) is 4.10. The van der Waals surface area contributed by atoms with E-state index in [0.717, 1.165) is 25.1 Å². The van der Waals surface area contributed by atoms with Gasteiger partial charge in [-0.15, -0.1) is 0 Å². The van der Waals surface area contributed by atoms with Crippen LogP contribution < -0.4 is 10.6 Å². The van der Waals surface area contributed by atoms with E-state index in [-0.39, 0.29) is 17.9 Å². The average Bonchev–Trinajstić information content (AvgIpc) is 2.85. The first kappa shape index (κ1) is 14.6. The number of hydrogen-bond donors (Lipinski definition) is 2. The highest BCUT2D eigenvalue weighted by Gasteiger charge is 2.21. The summed E-state index contributed by atoms with van der Waals surface area (Å²) in [5.41, 5.74) is 0.957. The largest absolute Gasteiger partial charge is 0.352 e. The van der Waals surface area contributed by atoms with Gasteiger partial charge in [0.25, 0.3) is 0 Å². The first-order valence-electron chi connectivity index (χ1n) is 6.51. The Morgan fingerprint density at radius 1 is 1.53 bits per heavy atom. The molecule has 1 fully saturated rings. The van der Waals surface area contributed by atoms with Crippen LogP contribution in [0.5, 0.6) is 0 Å². The van der Waals surface area contributed by atoms with Crippen LogP contribution >= 0.6 is 23.2 Å². The normalized spacial score (nSPS) is 20.3. The van der Waals surface area contributed by atoms with Crippen molar-refractivity contribution in [3.8, 4) is 0 Å². The molecule has 2 atom stereocenters. The van der Waals surface area contributed by atoms with Gasteiger partial charge in [-0.25, -0.2) is 0 Å². The molecular weight excluding hydrogens is 283 g/mol. The molecule has 1 heterocycles. The molecule has 1 saturated heterocycles. The predicted octanol–water partition coefficient (Wildman–Crippen LogP) is 2.65.